The minimum Gasteiger partial charge on any atom is -0.417 e. The van der Waals surface area contributed by atoms with Crippen molar-refractivity contribution in [2.45, 2.75) is 38.5 Å². The quantitative estimate of drug-likeness (QED) is 0.794. The summed E-state index contributed by atoms with van der Waals surface area (Å²) in [6, 6.07) is 2.37. The predicted octanol–water partition coefficient (Wildman–Crippen LogP) is 1.94. The number of rotatable bonds is 4. The molecule has 1 aliphatic heterocycles. The highest BCUT2D eigenvalue weighted by Gasteiger charge is 2.34. The second kappa shape index (κ2) is 6.21. The molecule has 0 aliphatic carbocycles. The Labute approximate surface area is 121 Å². The van der Waals surface area contributed by atoms with Gasteiger partial charge in [0.25, 0.3) is 0 Å². The number of carbonyl (C=O) groups is 1. The van der Waals surface area contributed by atoms with E-state index in [2.05, 4.69) is 25.7 Å². The smallest absolute Gasteiger partial charge is 0.388 e. The van der Waals surface area contributed by atoms with E-state index in [9.17, 15) is 13.6 Å². The normalized spacial score (nSPS) is 20.3. The Morgan fingerprint density at radius 1 is 1.52 bits per heavy atom. The average molecular weight is 300 g/mol. The van der Waals surface area contributed by atoms with E-state index in [1.807, 2.05) is 13.8 Å². The van der Waals surface area contributed by atoms with Crippen molar-refractivity contribution in [3.05, 3.63) is 18.3 Å². The molecule has 2 amide bonds. The maximum absolute atomic E-state index is 12.0. The van der Waals surface area contributed by atoms with Crippen LogP contribution in [-0.4, -0.2) is 35.8 Å². The van der Waals surface area contributed by atoms with Gasteiger partial charge in [-0.3, -0.25) is 0 Å². The lowest BCUT2D eigenvalue weighted by atomic mass is 9.97. The molecule has 1 unspecified atom stereocenters. The van der Waals surface area contributed by atoms with Crippen molar-refractivity contribution in [3.63, 3.8) is 0 Å². The van der Waals surface area contributed by atoms with Gasteiger partial charge in [-0.05, 0) is 32.9 Å². The summed E-state index contributed by atoms with van der Waals surface area (Å²) in [4.78, 5) is 15.6. The zero-order valence-corrected chi connectivity index (χ0v) is 11.8. The first-order chi connectivity index (χ1) is 9.87. The first-order valence-electron chi connectivity index (χ1n) is 6.60. The number of alkyl halides is 2. The summed E-state index contributed by atoms with van der Waals surface area (Å²) in [7, 11) is 0. The van der Waals surface area contributed by atoms with Gasteiger partial charge in [0.2, 0.25) is 5.88 Å². The molecule has 0 spiro atoms. The molecule has 0 radical (unpaired) electrons. The van der Waals surface area contributed by atoms with Gasteiger partial charge in [-0.2, -0.15) is 8.78 Å². The van der Waals surface area contributed by atoms with Crippen LogP contribution in [0.2, 0.25) is 0 Å². The minimum absolute atomic E-state index is 0.0203. The van der Waals surface area contributed by atoms with E-state index in [0.717, 1.165) is 13.0 Å². The highest BCUT2D eigenvalue weighted by Crippen LogP contribution is 2.19. The number of halogens is 2. The number of nitrogens with one attached hydrogen (secondary N) is 3. The van der Waals surface area contributed by atoms with E-state index in [1.165, 1.54) is 18.3 Å². The first kappa shape index (κ1) is 15.4. The number of aromatic nitrogens is 1. The maximum atomic E-state index is 12.0. The number of carbonyl (C=O) groups excluding carboxylic acids is 1. The molecule has 6 nitrogen and oxygen atoms in total. The molecule has 8 heteroatoms. The molecule has 3 N–H and O–H groups in total. The Morgan fingerprint density at radius 3 is 2.81 bits per heavy atom. The van der Waals surface area contributed by atoms with E-state index in [1.54, 1.807) is 0 Å². The van der Waals surface area contributed by atoms with Gasteiger partial charge < -0.3 is 20.7 Å². The number of hydrogen-bond donors (Lipinski definition) is 3. The minimum atomic E-state index is -2.92. The van der Waals surface area contributed by atoms with Gasteiger partial charge in [0.15, 0.2) is 0 Å². The summed E-state index contributed by atoms with van der Waals surface area (Å²) in [6.07, 6.45) is 2.11. The van der Waals surface area contributed by atoms with E-state index >= 15 is 0 Å². The SMILES string of the molecule is CC1(C)NCCC1NC(=O)Nc1ccc(OC(F)F)nc1. The zero-order chi connectivity index (χ0) is 15.5. The molecule has 1 saturated heterocycles. The molecule has 0 aromatic carbocycles. The fourth-order valence-electron chi connectivity index (χ4n) is 2.22. The molecule has 2 heterocycles. The largest absolute Gasteiger partial charge is 0.417 e. The summed E-state index contributed by atoms with van der Waals surface area (Å²) in [5.74, 6) is -0.197. The third kappa shape index (κ3) is 4.25. The number of anilines is 1. The van der Waals surface area contributed by atoms with E-state index in [0.29, 0.717) is 5.69 Å². The molecule has 21 heavy (non-hydrogen) atoms. The van der Waals surface area contributed by atoms with Crippen molar-refractivity contribution < 1.29 is 18.3 Å². The van der Waals surface area contributed by atoms with Gasteiger partial charge in [-0.15, -0.1) is 0 Å². The Bertz CT molecular complexity index is 493. The van der Waals surface area contributed by atoms with Crippen LogP contribution in [0, 0.1) is 0 Å². The standard InChI is InChI=1S/C13H18F2N4O2/c1-13(2)9(5-6-17-13)19-12(20)18-8-3-4-10(16-7-8)21-11(14)15/h3-4,7,9,11,17H,5-6H2,1-2H3,(H2,18,19,20). The Balaban J connectivity index is 1.88. The summed E-state index contributed by atoms with van der Waals surface area (Å²) >= 11 is 0. The number of nitrogens with zero attached hydrogens (tertiary/aromatic N) is 1. The van der Waals surface area contributed by atoms with Crippen LogP contribution in [0.15, 0.2) is 18.3 Å². The monoisotopic (exact) mass is 300 g/mol. The van der Waals surface area contributed by atoms with Crippen LogP contribution in [0.25, 0.3) is 0 Å². The van der Waals surface area contributed by atoms with Crippen molar-refractivity contribution in [3.8, 4) is 5.88 Å². The molecule has 1 aliphatic rings. The summed E-state index contributed by atoms with van der Waals surface area (Å²) in [5.41, 5.74) is 0.239. The van der Waals surface area contributed by atoms with Crippen molar-refractivity contribution >= 4 is 11.7 Å². The Morgan fingerprint density at radius 2 is 2.29 bits per heavy atom. The molecular formula is C13H18F2N4O2. The topological polar surface area (TPSA) is 75.3 Å². The Kier molecular flexibility index (Phi) is 4.56. The van der Waals surface area contributed by atoms with Crippen molar-refractivity contribution in [2.75, 3.05) is 11.9 Å². The van der Waals surface area contributed by atoms with Gasteiger partial charge in [0.05, 0.1) is 11.9 Å². The van der Waals surface area contributed by atoms with Gasteiger partial charge in [-0.1, -0.05) is 0 Å². The van der Waals surface area contributed by atoms with Gasteiger partial charge in [0, 0.05) is 17.6 Å². The van der Waals surface area contributed by atoms with E-state index in [-0.39, 0.29) is 23.5 Å². The number of pyridine rings is 1. The lowest BCUT2D eigenvalue weighted by Gasteiger charge is -2.27. The van der Waals surface area contributed by atoms with Crippen molar-refractivity contribution in [2.24, 2.45) is 0 Å². The molecule has 116 valence electrons. The molecule has 2 rings (SSSR count). The van der Waals surface area contributed by atoms with Crippen LogP contribution >= 0.6 is 0 Å². The molecule has 0 saturated carbocycles. The Hall–Kier alpha value is -1.96. The number of ether oxygens (including phenoxy) is 1. The summed E-state index contributed by atoms with van der Waals surface area (Å²) in [5, 5.41) is 8.78. The number of hydrogen-bond acceptors (Lipinski definition) is 4. The highest BCUT2D eigenvalue weighted by atomic mass is 19.3. The molecule has 1 aromatic heterocycles. The molecule has 1 fully saturated rings. The molecular weight excluding hydrogens is 282 g/mol. The number of amides is 2. The van der Waals surface area contributed by atoms with E-state index < -0.39 is 6.61 Å². The summed E-state index contributed by atoms with van der Waals surface area (Å²) in [6.45, 7) is 1.96. The molecule has 1 atom stereocenters. The third-order valence-electron chi connectivity index (χ3n) is 3.39. The van der Waals surface area contributed by atoms with Crippen LogP contribution in [0.3, 0.4) is 0 Å². The molecule has 1 aromatic rings. The van der Waals surface area contributed by atoms with Crippen molar-refractivity contribution in [1.29, 1.82) is 0 Å². The van der Waals surface area contributed by atoms with Gasteiger partial charge in [-0.25, -0.2) is 9.78 Å². The third-order valence-corrected chi connectivity index (χ3v) is 3.39. The van der Waals surface area contributed by atoms with Crippen LogP contribution < -0.4 is 20.7 Å². The molecule has 0 bridgehead atoms. The van der Waals surface area contributed by atoms with Gasteiger partial charge >= 0.3 is 12.6 Å². The van der Waals surface area contributed by atoms with Crippen LogP contribution in [0.1, 0.15) is 20.3 Å². The van der Waals surface area contributed by atoms with Crippen LogP contribution in [0.4, 0.5) is 19.3 Å². The fourth-order valence-corrected chi connectivity index (χ4v) is 2.22. The highest BCUT2D eigenvalue weighted by molar-refractivity contribution is 5.89. The van der Waals surface area contributed by atoms with Crippen molar-refractivity contribution in [1.82, 2.24) is 15.6 Å². The number of urea groups is 1. The summed E-state index contributed by atoms with van der Waals surface area (Å²) < 4.78 is 28.1. The second-order valence-corrected chi connectivity index (χ2v) is 5.35. The first-order valence-corrected chi connectivity index (χ1v) is 6.60. The fraction of sp³-hybridized carbons (Fsp3) is 0.538. The van der Waals surface area contributed by atoms with Crippen LogP contribution in [-0.2, 0) is 0 Å². The van der Waals surface area contributed by atoms with E-state index in [4.69, 9.17) is 0 Å². The predicted molar refractivity (Wildman–Crippen MR) is 73.5 cm³/mol. The van der Waals surface area contributed by atoms with Gasteiger partial charge in [0.1, 0.15) is 0 Å². The lowest BCUT2D eigenvalue weighted by molar-refractivity contribution is -0.0528. The van der Waals surface area contributed by atoms with Crippen LogP contribution in [0.5, 0.6) is 5.88 Å². The maximum Gasteiger partial charge on any atom is 0.388 e. The average Bonchev–Trinajstić information content (AvgIpc) is 2.70. The lowest BCUT2D eigenvalue weighted by Crippen LogP contribution is -2.51. The second-order valence-electron chi connectivity index (χ2n) is 5.35. The zero-order valence-electron chi connectivity index (χ0n) is 11.8.